The van der Waals surface area contributed by atoms with Crippen LogP contribution in [0.1, 0.15) is 37.4 Å². The van der Waals surface area contributed by atoms with Gasteiger partial charge in [-0.05, 0) is 55.5 Å². The lowest BCUT2D eigenvalue weighted by molar-refractivity contribution is -0.131. The molecule has 2 aliphatic heterocycles. The molecule has 1 atom stereocenters. The van der Waals surface area contributed by atoms with E-state index in [2.05, 4.69) is 49.1 Å². The second-order valence-corrected chi connectivity index (χ2v) is 9.73. The van der Waals surface area contributed by atoms with Crippen LogP contribution in [0.25, 0.3) is 38.9 Å². The predicted molar refractivity (Wildman–Crippen MR) is 131 cm³/mol. The summed E-state index contributed by atoms with van der Waals surface area (Å²) in [6.45, 7) is 3.36. The summed E-state index contributed by atoms with van der Waals surface area (Å²) in [6.07, 6.45) is 12.3. The van der Waals surface area contributed by atoms with Crippen molar-refractivity contribution in [2.75, 3.05) is 26.2 Å². The van der Waals surface area contributed by atoms with Gasteiger partial charge >= 0.3 is 0 Å². The molecule has 34 heavy (non-hydrogen) atoms. The van der Waals surface area contributed by atoms with Crippen LogP contribution in [0.4, 0.5) is 0 Å². The molecule has 1 saturated carbocycles. The Labute approximate surface area is 197 Å². The first-order valence-electron chi connectivity index (χ1n) is 12.2. The number of benzene rings is 1. The number of nitrogens with one attached hydrogen (secondary N) is 2. The molecule has 1 aromatic carbocycles. The zero-order valence-corrected chi connectivity index (χ0v) is 19.0. The molecule has 0 bridgehead atoms. The summed E-state index contributed by atoms with van der Waals surface area (Å²) in [7, 11) is 0. The smallest absolute Gasteiger partial charge is 0.226 e. The molecular weight excluding hydrogens is 426 g/mol. The molecule has 3 aliphatic rings. The molecule has 7 rings (SSSR count). The van der Waals surface area contributed by atoms with Crippen molar-refractivity contribution in [1.82, 2.24) is 34.7 Å². The van der Waals surface area contributed by atoms with Crippen molar-refractivity contribution in [3.63, 3.8) is 0 Å². The van der Waals surface area contributed by atoms with Gasteiger partial charge in [0.25, 0.3) is 0 Å². The van der Waals surface area contributed by atoms with Crippen molar-refractivity contribution >= 4 is 33.7 Å². The van der Waals surface area contributed by atoms with Gasteiger partial charge in [0.15, 0.2) is 5.65 Å². The van der Waals surface area contributed by atoms with Crippen molar-refractivity contribution in [3.8, 4) is 11.1 Å². The largest absolute Gasteiger partial charge is 0.344 e. The fraction of sp³-hybridized carbons (Fsp3) is 0.385. The number of carbonyl (C=O) groups excluding carboxylic acids is 1. The summed E-state index contributed by atoms with van der Waals surface area (Å²) in [5.74, 6) is 0.519. The van der Waals surface area contributed by atoms with Gasteiger partial charge in [0.05, 0.1) is 29.3 Å². The summed E-state index contributed by atoms with van der Waals surface area (Å²) in [4.78, 5) is 32.0. The van der Waals surface area contributed by atoms with Crippen LogP contribution in [0.3, 0.4) is 0 Å². The van der Waals surface area contributed by atoms with E-state index in [0.29, 0.717) is 19.1 Å². The van der Waals surface area contributed by atoms with Gasteiger partial charge in [0.2, 0.25) is 5.91 Å². The maximum absolute atomic E-state index is 12.5. The fourth-order valence-corrected chi connectivity index (χ4v) is 5.32. The Balaban J connectivity index is 1.23. The van der Waals surface area contributed by atoms with E-state index in [1.165, 1.54) is 12.8 Å². The van der Waals surface area contributed by atoms with Crippen LogP contribution in [0.2, 0.25) is 0 Å². The first-order chi connectivity index (χ1) is 16.7. The number of amides is 1. The molecule has 1 amide bonds. The van der Waals surface area contributed by atoms with E-state index >= 15 is 0 Å². The van der Waals surface area contributed by atoms with Crippen LogP contribution in [0.5, 0.6) is 0 Å². The SMILES string of the molecule is O=C(C1CC1)N1CC=C(c2cnc3[nH]cc(-c4ccc5ncn(C6CCCNC6)c5c4)c3n2)C1. The number of rotatable bonds is 4. The second kappa shape index (κ2) is 7.77. The molecule has 0 spiro atoms. The number of H-pyrrole nitrogens is 1. The van der Waals surface area contributed by atoms with Crippen molar-refractivity contribution in [2.24, 2.45) is 5.92 Å². The van der Waals surface area contributed by atoms with Crippen LogP contribution in [0.15, 0.2) is 43.0 Å². The maximum atomic E-state index is 12.5. The van der Waals surface area contributed by atoms with Gasteiger partial charge in [0.1, 0.15) is 5.52 Å². The van der Waals surface area contributed by atoms with E-state index in [1.807, 2.05) is 23.6 Å². The van der Waals surface area contributed by atoms with Crippen LogP contribution in [0, 0.1) is 5.92 Å². The molecule has 1 aliphatic carbocycles. The van der Waals surface area contributed by atoms with Crippen molar-refractivity contribution in [3.05, 3.63) is 48.7 Å². The Morgan fingerprint density at radius 3 is 2.94 bits per heavy atom. The number of hydrogen-bond donors (Lipinski definition) is 2. The molecule has 3 aromatic heterocycles. The Morgan fingerprint density at radius 1 is 1.15 bits per heavy atom. The number of piperidine rings is 1. The zero-order chi connectivity index (χ0) is 22.6. The third-order valence-electron chi connectivity index (χ3n) is 7.42. The molecule has 4 aromatic rings. The average Bonchev–Trinajstić information content (AvgIpc) is 3.28. The Morgan fingerprint density at radius 2 is 2.09 bits per heavy atom. The molecule has 0 radical (unpaired) electrons. The molecule has 1 unspecified atom stereocenters. The molecule has 2 N–H and O–H groups in total. The van der Waals surface area contributed by atoms with Crippen molar-refractivity contribution < 1.29 is 4.79 Å². The molecular formula is C26H27N7O. The minimum atomic E-state index is 0.241. The lowest BCUT2D eigenvalue weighted by Gasteiger charge is -2.24. The van der Waals surface area contributed by atoms with Gasteiger partial charge in [-0.15, -0.1) is 0 Å². The minimum Gasteiger partial charge on any atom is -0.344 e. The number of fused-ring (bicyclic) bond motifs is 2. The highest BCUT2D eigenvalue weighted by atomic mass is 16.2. The number of imidazole rings is 1. The van der Waals surface area contributed by atoms with Gasteiger partial charge in [-0.25, -0.2) is 15.0 Å². The highest BCUT2D eigenvalue weighted by Crippen LogP contribution is 2.34. The van der Waals surface area contributed by atoms with E-state index in [9.17, 15) is 4.79 Å². The Kier molecular flexibility index (Phi) is 4.55. The highest BCUT2D eigenvalue weighted by Gasteiger charge is 2.35. The Bertz CT molecular complexity index is 1440. The van der Waals surface area contributed by atoms with Gasteiger partial charge in [-0.3, -0.25) is 4.79 Å². The average molecular weight is 454 g/mol. The monoisotopic (exact) mass is 453 g/mol. The summed E-state index contributed by atoms with van der Waals surface area (Å²) in [6, 6.07) is 6.85. The lowest BCUT2D eigenvalue weighted by atomic mass is 10.1. The molecule has 8 nitrogen and oxygen atoms in total. The van der Waals surface area contributed by atoms with Gasteiger partial charge in [-0.2, -0.15) is 0 Å². The standard InChI is InChI=1S/C26H27N7O/c34-26(16-3-4-16)32-9-7-18(14-32)22-13-29-25-24(31-22)20(12-28-25)17-5-6-21-23(10-17)33(15-30-21)19-2-1-8-27-11-19/h5-7,10,12-13,15-16,19,27H,1-4,8-9,11,14H2,(H,28,29). The molecule has 172 valence electrons. The van der Waals surface area contributed by atoms with E-state index in [0.717, 1.165) is 70.5 Å². The number of hydrogen-bond acceptors (Lipinski definition) is 5. The molecule has 5 heterocycles. The van der Waals surface area contributed by atoms with E-state index in [1.54, 1.807) is 0 Å². The summed E-state index contributed by atoms with van der Waals surface area (Å²) in [5.41, 5.74) is 7.85. The predicted octanol–water partition coefficient (Wildman–Crippen LogP) is 3.53. The van der Waals surface area contributed by atoms with Crippen LogP contribution in [-0.4, -0.2) is 61.5 Å². The summed E-state index contributed by atoms with van der Waals surface area (Å²) in [5, 5.41) is 3.50. The third-order valence-corrected chi connectivity index (χ3v) is 7.42. The minimum absolute atomic E-state index is 0.241. The van der Waals surface area contributed by atoms with E-state index < -0.39 is 0 Å². The lowest BCUT2D eigenvalue weighted by Crippen LogP contribution is -2.31. The number of nitrogens with zero attached hydrogens (tertiary/aromatic N) is 5. The molecule has 8 heteroatoms. The van der Waals surface area contributed by atoms with Gasteiger partial charge < -0.3 is 19.8 Å². The third kappa shape index (κ3) is 3.32. The number of aromatic nitrogens is 5. The van der Waals surface area contributed by atoms with Crippen LogP contribution < -0.4 is 5.32 Å². The van der Waals surface area contributed by atoms with Crippen LogP contribution >= 0.6 is 0 Å². The zero-order valence-electron chi connectivity index (χ0n) is 19.0. The first kappa shape index (κ1) is 19.9. The van der Waals surface area contributed by atoms with Gasteiger partial charge in [-0.1, -0.05) is 12.1 Å². The van der Waals surface area contributed by atoms with Crippen LogP contribution in [-0.2, 0) is 4.79 Å². The van der Waals surface area contributed by atoms with Gasteiger partial charge in [0, 0.05) is 43.4 Å². The highest BCUT2D eigenvalue weighted by molar-refractivity contribution is 5.94. The van der Waals surface area contributed by atoms with Crippen molar-refractivity contribution in [1.29, 1.82) is 0 Å². The normalized spacial score (nSPS) is 20.9. The molecule has 2 fully saturated rings. The second-order valence-electron chi connectivity index (χ2n) is 9.73. The number of aromatic amines is 1. The first-order valence-corrected chi connectivity index (χ1v) is 12.2. The summed E-state index contributed by atoms with van der Waals surface area (Å²) >= 11 is 0. The molecule has 1 saturated heterocycles. The van der Waals surface area contributed by atoms with E-state index in [-0.39, 0.29) is 11.8 Å². The summed E-state index contributed by atoms with van der Waals surface area (Å²) < 4.78 is 2.31. The van der Waals surface area contributed by atoms with E-state index in [4.69, 9.17) is 4.98 Å². The maximum Gasteiger partial charge on any atom is 0.226 e. The van der Waals surface area contributed by atoms with Crippen molar-refractivity contribution in [2.45, 2.75) is 31.7 Å². The topological polar surface area (TPSA) is 91.7 Å². The number of carbonyl (C=O) groups is 1. The Hall–Kier alpha value is -3.52. The fourth-order valence-electron chi connectivity index (χ4n) is 5.32. The quantitative estimate of drug-likeness (QED) is 0.493.